The van der Waals surface area contributed by atoms with Crippen LogP contribution in [0.5, 0.6) is 11.5 Å². The number of halogens is 1. The number of ether oxygens (including phenoxy) is 2. The summed E-state index contributed by atoms with van der Waals surface area (Å²) in [5, 5.41) is 0.711. The molecule has 0 unspecified atom stereocenters. The van der Waals surface area contributed by atoms with Gasteiger partial charge in [0.15, 0.2) is 11.5 Å². The number of nitrogens with zero attached hydrogens (tertiary/aromatic N) is 1. The highest BCUT2D eigenvalue weighted by Gasteiger charge is 2.24. The summed E-state index contributed by atoms with van der Waals surface area (Å²) in [7, 11) is 0. The molecule has 0 atom stereocenters. The molecule has 2 aromatic rings. The van der Waals surface area contributed by atoms with Gasteiger partial charge in [0.25, 0.3) is 0 Å². The number of aryl methyl sites for hydroxylation is 1. The molecule has 0 fully saturated rings. The van der Waals surface area contributed by atoms with E-state index < -0.39 is 0 Å². The Bertz CT molecular complexity index is 790. The van der Waals surface area contributed by atoms with E-state index in [9.17, 15) is 4.79 Å². The fraction of sp³-hybridized carbons (Fsp3) is 0.316. The van der Waals surface area contributed by atoms with Crippen molar-refractivity contribution in [2.45, 2.75) is 25.8 Å². The summed E-state index contributed by atoms with van der Waals surface area (Å²) in [6, 6.07) is 11.7. The van der Waals surface area contributed by atoms with Crippen molar-refractivity contribution in [3.8, 4) is 11.5 Å². The number of fused-ring (bicyclic) bond motifs is 2. The largest absolute Gasteiger partial charge is 0.454 e. The van der Waals surface area contributed by atoms with Crippen molar-refractivity contribution in [2.75, 3.05) is 13.3 Å². The van der Waals surface area contributed by atoms with Crippen LogP contribution in [0.15, 0.2) is 36.4 Å². The van der Waals surface area contributed by atoms with Gasteiger partial charge >= 0.3 is 0 Å². The maximum atomic E-state index is 12.5. The lowest BCUT2D eigenvalue weighted by Gasteiger charge is -2.29. The molecule has 0 bridgehead atoms. The maximum Gasteiger partial charge on any atom is 0.231 e. The zero-order chi connectivity index (χ0) is 16.5. The molecule has 0 spiro atoms. The van der Waals surface area contributed by atoms with Gasteiger partial charge < -0.3 is 14.4 Å². The molecule has 1 amide bonds. The monoisotopic (exact) mass is 343 g/mol. The summed E-state index contributed by atoms with van der Waals surface area (Å²) >= 11 is 5.99. The molecule has 2 aliphatic heterocycles. The number of rotatable bonds is 3. The first kappa shape index (κ1) is 15.3. The summed E-state index contributed by atoms with van der Waals surface area (Å²) in [5.74, 6) is 1.77. The fourth-order valence-corrected chi connectivity index (χ4v) is 3.47. The Kier molecular flexibility index (Phi) is 4.07. The minimum absolute atomic E-state index is 0.179. The molecule has 5 heteroatoms. The Hall–Kier alpha value is -2.20. The van der Waals surface area contributed by atoms with Crippen molar-refractivity contribution < 1.29 is 14.3 Å². The van der Waals surface area contributed by atoms with E-state index in [2.05, 4.69) is 0 Å². The van der Waals surface area contributed by atoms with Gasteiger partial charge in [0.1, 0.15) is 0 Å². The predicted molar refractivity (Wildman–Crippen MR) is 91.5 cm³/mol. The molecule has 0 aliphatic carbocycles. The van der Waals surface area contributed by atoms with Gasteiger partial charge in [-0.25, -0.2) is 0 Å². The van der Waals surface area contributed by atoms with Gasteiger partial charge in [-0.2, -0.15) is 0 Å². The first-order valence-corrected chi connectivity index (χ1v) is 8.50. The first-order chi connectivity index (χ1) is 11.7. The van der Waals surface area contributed by atoms with Crippen LogP contribution >= 0.6 is 11.6 Å². The van der Waals surface area contributed by atoms with E-state index in [1.807, 2.05) is 41.3 Å². The highest BCUT2D eigenvalue weighted by Crippen LogP contribution is 2.36. The van der Waals surface area contributed by atoms with E-state index in [-0.39, 0.29) is 12.7 Å². The SMILES string of the molecule is O=C(CCc1cccc(Cl)c1)N1CCc2cc3c(cc2C1)OCO3. The Labute approximate surface area is 145 Å². The van der Waals surface area contributed by atoms with Gasteiger partial charge in [0.2, 0.25) is 12.7 Å². The average molecular weight is 344 g/mol. The molecule has 2 aliphatic rings. The highest BCUT2D eigenvalue weighted by atomic mass is 35.5. The second kappa shape index (κ2) is 6.36. The quantitative estimate of drug-likeness (QED) is 0.855. The molecule has 0 aromatic heterocycles. The number of carbonyl (C=O) groups is 1. The predicted octanol–water partition coefficient (Wildman–Crippen LogP) is 3.59. The van der Waals surface area contributed by atoms with Crippen molar-refractivity contribution in [1.29, 1.82) is 0 Å². The van der Waals surface area contributed by atoms with Gasteiger partial charge in [0.05, 0.1) is 0 Å². The fourth-order valence-electron chi connectivity index (χ4n) is 3.26. The zero-order valence-electron chi connectivity index (χ0n) is 13.3. The molecular weight excluding hydrogens is 326 g/mol. The molecule has 2 aromatic carbocycles. The van der Waals surface area contributed by atoms with Crippen LogP contribution in [0.1, 0.15) is 23.1 Å². The van der Waals surface area contributed by atoms with Crippen LogP contribution in [0.4, 0.5) is 0 Å². The molecule has 124 valence electrons. The molecule has 0 radical (unpaired) electrons. The lowest BCUT2D eigenvalue weighted by Crippen LogP contribution is -2.36. The van der Waals surface area contributed by atoms with E-state index in [4.69, 9.17) is 21.1 Å². The topological polar surface area (TPSA) is 38.8 Å². The van der Waals surface area contributed by atoms with Crippen LogP contribution in [-0.4, -0.2) is 24.1 Å². The minimum atomic E-state index is 0.179. The van der Waals surface area contributed by atoms with Crippen LogP contribution in [-0.2, 0) is 24.2 Å². The van der Waals surface area contributed by atoms with Crippen molar-refractivity contribution in [3.63, 3.8) is 0 Å². The van der Waals surface area contributed by atoms with E-state index in [0.717, 1.165) is 35.6 Å². The molecule has 4 rings (SSSR count). The van der Waals surface area contributed by atoms with E-state index in [1.54, 1.807) is 0 Å². The third-order valence-corrected chi connectivity index (χ3v) is 4.81. The molecular formula is C19H18ClNO3. The second-order valence-electron chi connectivity index (χ2n) is 6.17. The van der Waals surface area contributed by atoms with E-state index in [1.165, 1.54) is 5.56 Å². The van der Waals surface area contributed by atoms with Gasteiger partial charge in [-0.15, -0.1) is 0 Å². The van der Waals surface area contributed by atoms with Crippen LogP contribution in [0.25, 0.3) is 0 Å². The van der Waals surface area contributed by atoms with Crippen LogP contribution < -0.4 is 9.47 Å². The molecule has 0 saturated carbocycles. The summed E-state index contributed by atoms with van der Waals surface area (Å²) in [4.78, 5) is 14.5. The van der Waals surface area contributed by atoms with E-state index in [0.29, 0.717) is 24.4 Å². The smallest absolute Gasteiger partial charge is 0.231 e. The van der Waals surface area contributed by atoms with E-state index >= 15 is 0 Å². The van der Waals surface area contributed by atoms with Gasteiger partial charge in [-0.3, -0.25) is 4.79 Å². The Morgan fingerprint density at radius 2 is 1.92 bits per heavy atom. The van der Waals surface area contributed by atoms with Gasteiger partial charge in [-0.1, -0.05) is 23.7 Å². The van der Waals surface area contributed by atoms with Crippen molar-refractivity contribution in [3.05, 3.63) is 58.1 Å². The van der Waals surface area contributed by atoms with Crippen molar-refractivity contribution in [2.24, 2.45) is 0 Å². The summed E-state index contributed by atoms with van der Waals surface area (Å²) < 4.78 is 10.9. The lowest BCUT2D eigenvalue weighted by atomic mass is 9.98. The lowest BCUT2D eigenvalue weighted by molar-refractivity contribution is -0.132. The summed E-state index contributed by atoms with van der Waals surface area (Å²) in [6.07, 6.45) is 2.07. The van der Waals surface area contributed by atoms with Crippen molar-refractivity contribution >= 4 is 17.5 Å². The number of hydrogen-bond donors (Lipinski definition) is 0. The number of carbonyl (C=O) groups excluding carboxylic acids is 1. The summed E-state index contributed by atoms with van der Waals surface area (Å²) in [6.45, 7) is 1.67. The average Bonchev–Trinajstić information content (AvgIpc) is 3.04. The number of amides is 1. The molecule has 2 heterocycles. The molecule has 4 nitrogen and oxygen atoms in total. The standard InChI is InChI=1S/C19H18ClNO3/c20-16-3-1-2-13(8-16)4-5-19(22)21-7-6-14-9-17-18(24-12-23-17)10-15(14)11-21/h1-3,8-10H,4-7,11-12H2. The van der Waals surface area contributed by atoms with Gasteiger partial charge in [0, 0.05) is 24.5 Å². The summed E-state index contributed by atoms with van der Waals surface area (Å²) in [5.41, 5.74) is 3.50. The normalized spacial score (nSPS) is 15.3. The molecule has 24 heavy (non-hydrogen) atoms. The number of benzene rings is 2. The first-order valence-electron chi connectivity index (χ1n) is 8.13. The van der Waals surface area contributed by atoms with Crippen LogP contribution in [0.3, 0.4) is 0 Å². The molecule has 0 N–H and O–H groups in total. The second-order valence-corrected chi connectivity index (χ2v) is 6.61. The Morgan fingerprint density at radius 1 is 1.12 bits per heavy atom. The number of hydrogen-bond acceptors (Lipinski definition) is 3. The zero-order valence-corrected chi connectivity index (χ0v) is 14.0. The third kappa shape index (κ3) is 3.06. The Morgan fingerprint density at radius 3 is 2.71 bits per heavy atom. The Balaban J connectivity index is 1.41. The minimum Gasteiger partial charge on any atom is -0.454 e. The third-order valence-electron chi connectivity index (χ3n) is 4.58. The van der Waals surface area contributed by atoms with Crippen LogP contribution in [0.2, 0.25) is 5.02 Å². The van der Waals surface area contributed by atoms with Gasteiger partial charge in [-0.05, 0) is 53.8 Å². The van der Waals surface area contributed by atoms with Crippen molar-refractivity contribution in [1.82, 2.24) is 4.90 Å². The highest BCUT2D eigenvalue weighted by molar-refractivity contribution is 6.30. The maximum absolute atomic E-state index is 12.5. The van der Waals surface area contributed by atoms with Crippen LogP contribution in [0, 0.1) is 0 Å². The molecule has 0 saturated heterocycles.